The van der Waals surface area contributed by atoms with E-state index in [0.717, 1.165) is 6.07 Å². The molecule has 0 amide bonds. The van der Waals surface area contributed by atoms with Crippen molar-refractivity contribution in [2.45, 2.75) is 12.6 Å². The maximum absolute atomic E-state index is 14.5. The third kappa shape index (κ3) is 2.45. The zero-order valence-corrected chi connectivity index (χ0v) is 14.3. The Labute approximate surface area is 156 Å². The van der Waals surface area contributed by atoms with Gasteiger partial charge in [0.15, 0.2) is 17.3 Å². The fraction of sp³-hybridized carbons (Fsp3) is 0.167. The molecule has 3 aromatic heterocycles. The van der Waals surface area contributed by atoms with Gasteiger partial charge in [0, 0.05) is 29.9 Å². The Balaban J connectivity index is 1.77. The number of rotatable bonds is 3. The molecule has 1 aromatic carbocycles. The van der Waals surface area contributed by atoms with Gasteiger partial charge in [0.25, 0.3) is 0 Å². The molecule has 0 radical (unpaired) electrons. The topological polar surface area (TPSA) is 80.3 Å². The lowest BCUT2D eigenvalue weighted by Crippen LogP contribution is -2.21. The number of fused-ring (bicyclic) bond motifs is 2. The Morgan fingerprint density at radius 2 is 2.07 bits per heavy atom. The molecule has 0 fully saturated rings. The van der Waals surface area contributed by atoms with Gasteiger partial charge in [-0.3, -0.25) is 0 Å². The van der Waals surface area contributed by atoms with Crippen molar-refractivity contribution in [2.24, 2.45) is 0 Å². The van der Waals surface area contributed by atoms with E-state index in [9.17, 15) is 18.3 Å². The summed E-state index contributed by atoms with van der Waals surface area (Å²) >= 11 is 0. The summed E-state index contributed by atoms with van der Waals surface area (Å²) in [6, 6.07) is 4.61. The van der Waals surface area contributed by atoms with E-state index >= 15 is 0 Å². The Morgan fingerprint density at radius 3 is 2.89 bits per heavy atom. The van der Waals surface area contributed by atoms with E-state index in [1.54, 1.807) is 22.9 Å². The number of hydrogen-bond acceptors (Lipinski definition) is 5. The molecule has 0 aliphatic carbocycles. The minimum atomic E-state index is -1.29. The van der Waals surface area contributed by atoms with Crippen LogP contribution in [0.15, 0.2) is 36.8 Å². The van der Waals surface area contributed by atoms with Gasteiger partial charge in [0.05, 0.1) is 18.3 Å². The van der Waals surface area contributed by atoms with Crippen molar-refractivity contribution < 1.29 is 18.3 Å². The van der Waals surface area contributed by atoms with Crippen molar-refractivity contribution in [3.05, 3.63) is 54.2 Å². The first kappa shape index (κ1) is 16.8. The standard InChI is InChI=1S/C18H13F3N6O/c19-10-3-12(15(21)13(20)4-10)16-17(26-6-11(7-28)24-18(26)25-16)9-1-2-14-22-8-23-27(14)5-9/h1-5,8,11,28H,6-7H2,(H,24,25). The summed E-state index contributed by atoms with van der Waals surface area (Å²) in [7, 11) is 0. The number of aliphatic hydroxyl groups is 1. The molecular weight excluding hydrogens is 373 g/mol. The quantitative estimate of drug-likeness (QED) is 0.529. The average molecular weight is 386 g/mol. The smallest absolute Gasteiger partial charge is 0.204 e. The van der Waals surface area contributed by atoms with Crippen LogP contribution in [-0.4, -0.2) is 41.9 Å². The number of aromatic nitrogens is 5. The minimum absolute atomic E-state index is 0.0919. The van der Waals surface area contributed by atoms with E-state index < -0.39 is 17.5 Å². The van der Waals surface area contributed by atoms with Crippen LogP contribution >= 0.6 is 0 Å². The Kier molecular flexibility index (Phi) is 3.63. The Morgan fingerprint density at radius 1 is 1.21 bits per heavy atom. The first-order valence-electron chi connectivity index (χ1n) is 8.47. The Hall–Kier alpha value is -3.40. The second-order valence-corrected chi connectivity index (χ2v) is 6.50. The molecule has 28 heavy (non-hydrogen) atoms. The van der Waals surface area contributed by atoms with Crippen LogP contribution in [0.4, 0.5) is 19.1 Å². The normalized spacial score (nSPS) is 15.8. The van der Waals surface area contributed by atoms with E-state index in [0.29, 0.717) is 35.5 Å². The highest BCUT2D eigenvalue weighted by atomic mass is 19.2. The van der Waals surface area contributed by atoms with Gasteiger partial charge in [-0.25, -0.2) is 27.7 Å². The number of imidazole rings is 1. The van der Waals surface area contributed by atoms with Crippen LogP contribution in [-0.2, 0) is 6.54 Å². The second kappa shape index (κ2) is 6.06. The zero-order valence-electron chi connectivity index (χ0n) is 14.3. The van der Waals surface area contributed by atoms with Crippen LogP contribution in [0.3, 0.4) is 0 Å². The van der Waals surface area contributed by atoms with Gasteiger partial charge >= 0.3 is 0 Å². The summed E-state index contributed by atoms with van der Waals surface area (Å²) in [6.45, 7) is 0.242. The molecule has 0 saturated carbocycles. The van der Waals surface area contributed by atoms with Gasteiger partial charge in [-0.15, -0.1) is 0 Å². The molecule has 5 rings (SSSR count). The van der Waals surface area contributed by atoms with Crippen LogP contribution in [0.5, 0.6) is 0 Å². The van der Waals surface area contributed by atoms with Crippen molar-refractivity contribution in [3.8, 4) is 22.5 Å². The molecule has 142 valence electrons. The molecule has 10 heteroatoms. The van der Waals surface area contributed by atoms with Crippen LogP contribution < -0.4 is 5.32 Å². The molecule has 0 bridgehead atoms. The molecule has 0 saturated heterocycles. The van der Waals surface area contributed by atoms with Gasteiger partial charge in [-0.1, -0.05) is 0 Å². The van der Waals surface area contributed by atoms with Crippen LogP contribution in [0.25, 0.3) is 28.2 Å². The number of aliphatic hydroxyl groups excluding tert-OH is 1. The summed E-state index contributed by atoms with van der Waals surface area (Å²) < 4.78 is 45.4. The molecule has 1 aliphatic heterocycles. The lowest BCUT2D eigenvalue weighted by Gasteiger charge is -2.11. The van der Waals surface area contributed by atoms with Gasteiger partial charge in [-0.2, -0.15) is 5.10 Å². The molecule has 1 atom stereocenters. The van der Waals surface area contributed by atoms with E-state index in [1.165, 1.54) is 10.8 Å². The van der Waals surface area contributed by atoms with Gasteiger partial charge in [0.1, 0.15) is 17.8 Å². The largest absolute Gasteiger partial charge is 0.394 e. The third-order valence-electron chi connectivity index (χ3n) is 4.72. The van der Waals surface area contributed by atoms with E-state index in [2.05, 4.69) is 20.4 Å². The number of nitrogens with zero attached hydrogens (tertiary/aromatic N) is 5. The van der Waals surface area contributed by atoms with Crippen molar-refractivity contribution in [1.29, 1.82) is 0 Å². The van der Waals surface area contributed by atoms with Gasteiger partial charge < -0.3 is 15.0 Å². The highest BCUT2D eigenvalue weighted by molar-refractivity contribution is 5.82. The predicted molar refractivity (Wildman–Crippen MR) is 94.0 cm³/mol. The summed E-state index contributed by atoms with van der Waals surface area (Å²) in [6.07, 6.45) is 3.07. The number of hydrogen-bond donors (Lipinski definition) is 2. The Bertz CT molecular complexity index is 1220. The SMILES string of the molecule is OCC1Cn2c(nc(-c3cc(F)cc(F)c3F)c2-c2ccc3ncnn3c2)N1. The molecule has 4 aromatic rings. The molecule has 2 N–H and O–H groups in total. The van der Waals surface area contributed by atoms with Crippen molar-refractivity contribution in [2.75, 3.05) is 11.9 Å². The molecule has 0 spiro atoms. The average Bonchev–Trinajstić information content (AvgIpc) is 3.37. The predicted octanol–water partition coefficient (Wildman–Crippen LogP) is 2.46. The first-order valence-corrected chi connectivity index (χ1v) is 8.47. The maximum Gasteiger partial charge on any atom is 0.204 e. The van der Waals surface area contributed by atoms with Crippen molar-refractivity contribution in [1.82, 2.24) is 24.1 Å². The highest BCUT2D eigenvalue weighted by Gasteiger charge is 2.30. The summed E-state index contributed by atoms with van der Waals surface area (Å²) in [5, 5.41) is 16.6. The van der Waals surface area contributed by atoms with Gasteiger partial charge in [0.2, 0.25) is 5.95 Å². The molecule has 1 unspecified atom stereocenters. The fourth-order valence-corrected chi connectivity index (χ4v) is 3.46. The number of benzene rings is 1. The minimum Gasteiger partial charge on any atom is -0.394 e. The van der Waals surface area contributed by atoms with E-state index in [4.69, 9.17) is 0 Å². The summed E-state index contributed by atoms with van der Waals surface area (Å²) in [5.41, 5.74) is 1.49. The van der Waals surface area contributed by atoms with Gasteiger partial charge in [-0.05, 0) is 18.2 Å². The number of nitrogens with one attached hydrogen (secondary N) is 1. The lowest BCUT2D eigenvalue weighted by atomic mass is 10.0. The lowest BCUT2D eigenvalue weighted by molar-refractivity contribution is 0.271. The summed E-state index contributed by atoms with van der Waals surface area (Å²) in [5.74, 6) is -2.99. The molecule has 7 nitrogen and oxygen atoms in total. The molecule has 1 aliphatic rings. The van der Waals surface area contributed by atoms with Crippen molar-refractivity contribution in [3.63, 3.8) is 0 Å². The number of halogens is 3. The fourth-order valence-electron chi connectivity index (χ4n) is 3.46. The van der Waals surface area contributed by atoms with E-state index in [-0.39, 0.29) is 23.9 Å². The number of anilines is 1. The van der Waals surface area contributed by atoms with Crippen LogP contribution in [0, 0.1) is 17.5 Å². The zero-order chi connectivity index (χ0) is 19.4. The highest BCUT2D eigenvalue weighted by Crippen LogP contribution is 2.38. The second-order valence-electron chi connectivity index (χ2n) is 6.50. The van der Waals surface area contributed by atoms with Crippen LogP contribution in [0.1, 0.15) is 0 Å². The maximum atomic E-state index is 14.5. The molecular formula is C18H13F3N6O. The number of pyridine rings is 1. The molecule has 4 heterocycles. The van der Waals surface area contributed by atoms with Crippen molar-refractivity contribution >= 4 is 11.6 Å². The van der Waals surface area contributed by atoms with Crippen LogP contribution in [0.2, 0.25) is 0 Å². The van der Waals surface area contributed by atoms with E-state index in [1.807, 2.05) is 0 Å². The first-order chi connectivity index (χ1) is 13.5. The monoisotopic (exact) mass is 386 g/mol. The third-order valence-corrected chi connectivity index (χ3v) is 4.72. The summed E-state index contributed by atoms with van der Waals surface area (Å²) in [4.78, 5) is 8.45.